The number of amides is 1. The summed E-state index contributed by atoms with van der Waals surface area (Å²) in [5.41, 5.74) is 0.866. The highest BCUT2D eigenvalue weighted by Crippen LogP contribution is 2.35. The van der Waals surface area contributed by atoms with Gasteiger partial charge in [-0.05, 0) is 55.2 Å². The first kappa shape index (κ1) is 21.8. The van der Waals surface area contributed by atoms with Gasteiger partial charge in [0, 0.05) is 30.8 Å². The van der Waals surface area contributed by atoms with E-state index in [2.05, 4.69) is 4.98 Å². The summed E-state index contributed by atoms with van der Waals surface area (Å²) in [4.78, 5) is 29.5. The lowest BCUT2D eigenvalue weighted by Crippen LogP contribution is -2.38. The van der Waals surface area contributed by atoms with Crippen LogP contribution in [0.2, 0.25) is 0 Å². The van der Waals surface area contributed by atoms with Gasteiger partial charge in [-0.15, -0.1) is 0 Å². The smallest absolute Gasteiger partial charge is 0.416 e. The van der Waals surface area contributed by atoms with E-state index < -0.39 is 17.7 Å². The third kappa shape index (κ3) is 4.98. The van der Waals surface area contributed by atoms with E-state index in [9.17, 15) is 22.8 Å². The summed E-state index contributed by atoms with van der Waals surface area (Å²) in [5.74, 6) is -1.11. The first-order chi connectivity index (χ1) is 14.2. The average molecular weight is 420 g/mol. The number of pyridine rings is 1. The second-order valence-electron chi connectivity index (χ2n) is 7.47. The van der Waals surface area contributed by atoms with Crippen LogP contribution in [0.3, 0.4) is 0 Å². The van der Waals surface area contributed by atoms with Gasteiger partial charge in [0.25, 0.3) is 0 Å². The Morgan fingerprint density at radius 3 is 2.50 bits per heavy atom. The fourth-order valence-corrected chi connectivity index (χ4v) is 3.52. The molecule has 3 rings (SSSR count). The van der Waals surface area contributed by atoms with Crippen LogP contribution in [0.25, 0.3) is 11.3 Å². The van der Waals surface area contributed by atoms with Crippen molar-refractivity contribution in [3.63, 3.8) is 0 Å². The van der Waals surface area contributed by atoms with E-state index in [1.54, 1.807) is 24.0 Å². The Kier molecular flexibility index (Phi) is 6.43. The third-order valence-corrected chi connectivity index (χ3v) is 5.40. The minimum atomic E-state index is -4.51. The van der Waals surface area contributed by atoms with Crippen LogP contribution in [-0.4, -0.2) is 33.4 Å². The van der Waals surface area contributed by atoms with Gasteiger partial charge in [-0.3, -0.25) is 14.6 Å². The number of aliphatic carboxylic acids is 1. The number of halogens is 3. The molecule has 1 aromatic carbocycles. The first-order valence-electron chi connectivity index (χ1n) is 9.85. The van der Waals surface area contributed by atoms with Crippen molar-refractivity contribution in [2.75, 3.05) is 6.54 Å². The minimum absolute atomic E-state index is 0.0376. The van der Waals surface area contributed by atoms with Crippen LogP contribution in [-0.2, 0) is 28.7 Å². The number of carboxylic acid groups (broad SMARTS) is 1. The molecule has 1 heterocycles. The van der Waals surface area contributed by atoms with E-state index in [1.807, 2.05) is 0 Å². The zero-order valence-corrected chi connectivity index (χ0v) is 16.6. The van der Waals surface area contributed by atoms with Crippen molar-refractivity contribution in [3.8, 4) is 11.3 Å². The Labute approximate surface area is 172 Å². The Bertz CT molecular complexity index is 939. The predicted octanol–water partition coefficient (Wildman–Crippen LogP) is 4.54. The molecule has 0 atom stereocenters. The van der Waals surface area contributed by atoms with Crippen LogP contribution in [0.5, 0.6) is 0 Å². The molecule has 0 aliphatic heterocycles. The number of nitrogens with zero attached hydrogens (tertiary/aromatic N) is 2. The van der Waals surface area contributed by atoms with Crippen LogP contribution in [0.4, 0.5) is 13.2 Å². The quantitative estimate of drug-likeness (QED) is 0.714. The first-order valence-corrected chi connectivity index (χ1v) is 9.85. The maximum Gasteiger partial charge on any atom is 0.416 e. The molecule has 1 N–H and O–H groups in total. The molecule has 1 aromatic heterocycles. The molecule has 0 saturated heterocycles. The number of hydrogen-bond donors (Lipinski definition) is 1. The minimum Gasteiger partial charge on any atom is -0.481 e. The standard InChI is InChI=1S/C22H23F3N2O3/c1-2-27(21(30)15-4-3-5-15)13-16-12-17(22(23,24)25)6-7-18(16)19-10-14(8-9-26-19)11-20(28)29/h6-10,12,15H,2-5,11,13H2,1H3,(H,28,29). The second-order valence-corrected chi connectivity index (χ2v) is 7.47. The molecule has 5 nitrogen and oxygen atoms in total. The van der Waals surface area contributed by atoms with E-state index >= 15 is 0 Å². The molecule has 0 bridgehead atoms. The van der Waals surface area contributed by atoms with Crippen molar-refractivity contribution in [1.29, 1.82) is 0 Å². The second kappa shape index (κ2) is 8.85. The lowest BCUT2D eigenvalue weighted by atomic mass is 9.84. The highest BCUT2D eigenvalue weighted by atomic mass is 19.4. The number of carboxylic acids is 1. The van der Waals surface area contributed by atoms with Crippen molar-refractivity contribution in [2.45, 2.75) is 45.3 Å². The zero-order valence-electron chi connectivity index (χ0n) is 16.6. The summed E-state index contributed by atoms with van der Waals surface area (Å²) in [7, 11) is 0. The number of benzene rings is 1. The zero-order chi connectivity index (χ0) is 21.9. The molecular formula is C22H23F3N2O3. The number of alkyl halides is 3. The van der Waals surface area contributed by atoms with Gasteiger partial charge >= 0.3 is 12.1 Å². The van der Waals surface area contributed by atoms with Gasteiger partial charge < -0.3 is 10.0 Å². The maximum absolute atomic E-state index is 13.3. The van der Waals surface area contributed by atoms with Crippen molar-refractivity contribution in [2.24, 2.45) is 5.92 Å². The predicted molar refractivity (Wildman–Crippen MR) is 104 cm³/mol. The number of carbonyl (C=O) groups excluding carboxylic acids is 1. The Morgan fingerprint density at radius 2 is 1.93 bits per heavy atom. The summed E-state index contributed by atoms with van der Waals surface area (Å²) in [6, 6.07) is 6.49. The van der Waals surface area contributed by atoms with Gasteiger partial charge in [0.2, 0.25) is 5.91 Å². The van der Waals surface area contributed by atoms with Crippen LogP contribution >= 0.6 is 0 Å². The number of hydrogen-bond acceptors (Lipinski definition) is 3. The number of aromatic nitrogens is 1. The molecule has 160 valence electrons. The highest BCUT2D eigenvalue weighted by molar-refractivity contribution is 5.80. The lowest BCUT2D eigenvalue weighted by molar-refractivity contribution is -0.138. The fraction of sp³-hybridized carbons (Fsp3) is 0.409. The largest absolute Gasteiger partial charge is 0.481 e. The van der Waals surface area contributed by atoms with Gasteiger partial charge in [0.1, 0.15) is 0 Å². The third-order valence-electron chi connectivity index (χ3n) is 5.40. The Hall–Kier alpha value is -2.90. The van der Waals surface area contributed by atoms with Crippen molar-refractivity contribution >= 4 is 11.9 Å². The summed E-state index contributed by atoms with van der Waals surface area (Å²) in [6.45, 7) is 2.23. The summed E-state index contributed by atoms with van der Waals surface area (Å²) in [6.07, 6.45) is -0.685. The van der Waals surface area contributed by atoms with Crippen LogP contribution < -0.4 is 0 Å². The Morgan fingerprint density at radius 1 is 1.20 bits per heavy atom. The van der Waals surface area contributed by atoms with Crippen LogP contribution in [0, 0.1) is 5.92 Å². The van der Waals surface area contributed by atoms with Crippen molar-refractivity contribution in [1.82, 2.24) is 9.88 Å². The van der Waals surface area contributed by atoms with E-state index in [0.717, 1.165) is 31.4 Å². The summed E-state index contributed by atoms with van der Waals surface area (Å²) >= 11 is 0. The molecule has 1 amide bonds. The molecule has 2 aromatic rings. The number of carbonyl (C=O) groups is 2. The number of rotatable bonds is 7. The van der Waals surface area contributed by atoms with Gasteiger partial charge in [-0.1, -0.05) is 12.5 Å². The summed E-state index contributed by atoms with van der Waals surface area (Å²) in [5, 5.41) is 9.01. The topological polar surface area (TPSA) is 70.5 Å². The van der Waals surface area contributed by atoms with Gasteiger partial charge in [0.05, 0.1) is 17.7 Å². The van der Waals surface area contributed by atoms with Gasteiger partial charge in [-0.2, -0.15) is 13.2 Å². The molecule has 30 heavy (non-hydrogen) atoms. The van der Waals surface area contributed by atoms with Crippen LogP contribution in [0.1, 0.15) is 42.9 Å². The van der Waals surface area contributed by atoms with Crippen molar-refractivity contribution in [3.05, 3.63) is 53.2 Å². The molecule has 0 radical (unpaired) electrons. The molecular weight excluding hydrogens is 397 g/mol. The molecule has 8 heteroatoms. The molecule has 0 spiro atoms. The van der Waals surface area contributed by atoms with E-state index in [4.69, 9.17) is 5.11 Å². The van der Waals surface area contributed by atoms with Gasteiger partial charge in [0.15, 0.2) is 0 Å². The Balaban J connectivity index is 2.00. The highest BCUT2D eigenvalue weighted by Gasteiger charge is 2.33. The molecule has 0 unspecified atom stereocenters. The van der Waals surface area contributed by atoms with E-state index in [0.29, 0.717) is 28.9 Å². The molecule has 1 saturated carbocycles. The fourth-order valence-electron chi connectivity index (χ4n) is 3.52. The van der Waals surface area contributed by atoms with E-state index in [-0.39, 0.29) is 24.8 Å². The summed E-state index contributed by atoms with van der Waals surface area (Å²) < 4.78 is 40.0. The lowest BCUT2D eigenvalue weighted by Gasteiger charge is -2.31. The normalized spacial score (nSPS) is 14.3. The SMILES string of the molecule is CCN(Cc1cc(C(F)(F)F)ccc1-c1cc(CC(=O)O)ccn1)C(=O)C1CCC1. The van der Waals surface area contributed by atoms with Crippen LogP contribution in [0.15, 0.2) is 36.5 Å². The molecule has 1 fully saturated rings. The van der Waals surface area contributed by atoms with Crippen molar-refractivity contribution < 1.29 is 27.9 Å². The monoisotopic (exact) mass is 420 g/mol. The molecule has 1 aliphatic rings. The van der Waals surface area contributed by atoms with E-state index in [1.165, 1.54) is 12.3 Å². The molecule has 1 aliphatic carbocycles. The maximum atomic E-state index is 13.3. The van der Waals surface area contributed by atoms with Gasteiger partial charge in [-0.25, -0.2) is 0 Å². The average Bonchev–Trinajstić information content (AvgIpc) is 2.63.